The van der Waals surface area contributed by atoms with Gasteiger partial charge in [-0.05, 0) is 24.3 Å². The third-order valence-electron chi connectivity index (χ3n) is 4.49. The second-order valence-electron chi connectivity index (χ2n) is 6.23. The van der Waals surface area contributed by atoms with Gasteiger partial charge in [0.15, 0.2) is 0 Å². The van der Waals surface area contributed by atoms with E-state index in [1.165, 1.54) is 43.1 Å². The lowest BCUT2D eigenvalue weighted by Crippen LogP contribution is -2.33. The van der Waals surface area contributed by atoms with Crippen molar-refractivity contribution in [3.05, 3.63) is 36.1 Å². The Morgan fingerprint density at radius 2 is 1.95 bits per heavy atom. The van der Waals surface area contributed by atoms with Crippen molar-refractivity contribution in [3.63, 3.8) is 0 Å². The van der Waals surface area contributed by atoms with E-state index in [1.54, 1.807) is 0 Å². The molecule has 0 spiro atoms. The number of benzene rings is 1. The van der Waals surface area contributed by atoms with Crippen LogP contribution < -0.4 is 5.32 Å². The molecule has 1 fully saturated rings. The summed E-state index contributed by atoms with van der Waals surface area (Å²) in [6.07, 6.45) is 8.83. The van der Waals surface area contributed by atoms with Crippen molar-refractivity contribution < 1.29 is 4.42 Å². The van der Waals surface area contributed by atoms with Crippen LogP contribution in [0.3, 0.4) is 0 Å². The molecule has 0 atom stereocenters. The molecule has 19 heavy (non-hydrogen) atoms. The summed E-state index contributed by atoms with van der Waals surface area (Å²) >= 11 is 0. The summed E-state index contributed by atoms with van der Waals surface area (Å²) in [6.45, 7) is 4.45. The molecule has 0 unspecified atom stereocenters. The molecule has 1 aliphatic carbocycles. The molecule has 1 heterocycles. The van der Waals surface area contributed by atoms with Gasteiger partial charge in [-0.2, -0.15) is 0 Å². The number of nitrogens with one attached hydrogen (secondary N) is 1. The van der Waals surface area contributed by atoms with Crippen LogP contribution in [0.5, 0.6) is 0 Å². The number of furan rings is 1. The molecule has 1 aromatic heterocycles. The maximum Gasteiger partial charge on any atom is 0.134 e. The fourth-order valence-corrected chi connectivity index (χ4v) is 3.25. The maximum absolute atomic E-state index is 5.58. The van der Waals surface area contributed by atoms with Gasteiger partial charge in [0.2, 0.25) is 0 Å². The topological polar surface area (TPSA) is 25.2 Å². The molecule has 1 N–H and O–H groups in total. The first-order chi connectivity index (χ1) is 9.27. The number of fused-ring (bicyclic) bond motifs is 1. The standard InChI is InChI=1S/C17H23NO/c1-17(9-5-2-6-10-17)13-18-11-14-12-19-16-8-4-3-7-15(14)16/h3-4,7-8,12,18H,2,5-6,9-11,13H2,1H3. The van der Waals surface area contributed by atoms with E-state index in [0.717, 1.165) is 18.7 Å². The molecule has 0 amide bonds. The fraction of sp³-hybridized carbons (Fsp3) is 0.529. The van der Waals surface area contributed by atoms with Crippen molar-refractivity contribution in [2.24, 2.45) is 5.41 Å². The van der Waals surface area contributed by atoms with E-state index >= 15 is 0 Å². The molecule has 1 aromatic carbocycles. The minimum Gasteiger partial charge on any atom is -0.464 e. The Hall–Kier alpha value is -1.28. The van der Waals surface area contributed by atoms with E-state index in [2.05, 4.69) is 24.4 Å². The lowest BCUT2D eigenvalue weighted by molar-refractivity contribution is 0.207. The fourth-order valence-electron chi connectivity index (χ4n) is 3.25. The zero-order chi connectivity index (χ0) is 13.1. The van der Waals surface area contributed by atoms with Crippen LogP contribution in [0, 0.1) is 5.41 Å². The number of rotatable bonds is 4. The smallest absolute Gasteiger partial charge is 0.134 e. The van der Waals surface area contributed by atoms with Gasteiger partial charge in [0.05, 0.1) is 6.26 Å². The predicted molar refractivity (Wildman–Crippen MR) is 79.1 cm³/mol. The van der Waals surface area contributed by atoms with Crippen molar-refractivity contribution in [1.29, 1.82) is 0 Å². The lowest BCUT2D eigenvalue weighted by atomic mass is 9.76. The molecule has 3 rings (SSSR count). The molecule has 0 radical (unpaired) electrons. The number of hydrogen-bond donors (Lipinski definition) is 1. The highest BCUT2D eigenvalue weighted by Gasteiger charge is 2.26. The molecule has 0 saturated heterocycles. The van der Waals surface area contributed by atoms with Gasteiger partial charge in [-0.15, -0.1) is 0 Å². The number of para-hydroxylation sites is 1. The molecule has 0 bridgehead atoms. The van der Waals surface area contributed by atoms with E-state index in [1.807, 2.05) is 18.4 Å². The van der Waals surface area contributed by atoms with Crippen molar-refractivity contribution in [2.75, 3.05) is 6.54 Å². The van der Waals surface area contributed by atoms with Crippen LogP contribution in [0.1, 0.15) is 44.6 Å². The van der Waals surface area contributed by atoms with Gasteiger partial charge in [-0.3, -0.25) is 0 Å². The monoisotopic (exact) mass is 257 g/mol. The van der Waals surface area contributed by atoms with Gasteiger partial charge in [-0.1, -0.05) is 44.4 Å². The van der Waals surface area contributed by atoms with E-state index in [-0.39, 0.29) is 0 Å². The Kier molecular flexibility index (Phi) is 3.61. The van der Waals surface area contributed by atoms with Crippen LogP contribution in [0.4, 0.5) is 0 Å². The summed E-state index contributed by atoms with van der Waals surface area (Å²) in [7, 11) is 0. The summed E-state index contributed by atoms with van der Waals surface area (Å²) in [5, 5.41) is 4.87. The van der Waals surface area contributed by atoms with E-state index in [0.29, 0.717) is 5.41 Å². The van der Waals surface area contributed by atoms with Gasteiger partial charge < -0.3 is 9.73 Å². The predicted octanol–water partition coefficient (Wildman–Crippen LogP) is 4.49. The van der Waals surface area contributed by atoms with Gasteiger partial charge in [0, 0.05) is 24.0 Å². The first-order valence-electron chi connectivity index (χ1n) is 7.43. The minimum absolute atomic E-state index is 0.498. The summed E-state index contributed by atoms with van der Waals surface area (Å²) in [6, 6.07) is 8.26. The Labute approximate surface area is 115 Å². The molecule has 0 aliphatic heterocycles. The minimum atomic E-state index is 0.498. The van der Waals surface area contributed by atoms with Gasteiger partial charge in [0.1, 0.15) is 5.58 Å². The van der Waals surface area contributed by atoms with Crippen LogP contribution in [0.15, 0.2) is 34.9 Å². The van der Waals surface area contributed by atoms with Crippen molar-refractivity contribution in [2.45, 2.75) is 45.6 Å². The molecule has 1 aliphatic rings. The van der Waals surface area contributed by atoms with Gasteiger partial charge in [-0.25, -0.2) is 0 Å². The molecule has 2 aromatic rings. The molecular formula is C17H23NO. The van der Waals surface area contributed by atoms with E-state index in [9.17, 15) is 0 Å². The second kappa shape index (κ2) is 5.38. The highest BCUT2D eigenvalue weighted by molar-refractivity contribution is 5.80. The van der Waals surface area contributed by atoms with Crippen LogP contribution >= 0.6 is 0 Å². The van der Waals surface area contributed by atoms with Crippen LogP contribution in [0.2, 0.25) is 0 Å². The summed E-state index contributed by atoms with van der Waals surface area (Å²) in [5.74, 6) is 0. The average Bonchev–Trinajstić information content (AvgIpc) is 2.83. The Bertz CT molecular complexity index is 537. The Balaban J connectivity index is 1.60. The average molecular weight is 257 g/mol. The van der Waals surface area contributed by atoms with Crippen molar-refractivity contribution in [3.8, 4) is 0 Å². The zero-order valence-electron chi connectivity index (χ0n) is 11.7. The largest absolute Gasteiger partial charge is 0.464 e. The maximum atomic E-state index is 5.58. The zero-order valence-corrected chi connectivity index (χ0v) is 11.7. The Morgan fingerprint density at radius 3 is 2.79 bits per heavy atom. The quantitative estimate of drug-likeness (QED) is 0.872. The van der Waals surface area contributed by atoms with Crippen molar-refractivity contribution >= 4 is 11.0 Å². The van der Waals surface area contributed by atoms with Gasteiger partial charge >= 0.3 is 0 Å². The van der Waals surface area contributed by atoms with Gasteiger partial charge in [0.25, 0.3) is 0 Å². The molecule has 102 valence electrons. The molecular weight excluding hydrogens is 234 g/mol. The third-order valence-corrected chi connectivity index (χ3v) is 4.49. The van der Waals surface area contributed by atoms with Crippen LogP contribution in [0.25, 0.3) is 11.0 Å². The number of hydrogen-bond acceptors (Lipinski definition) is 2. The first kappa shape index (κ1) is 12.7. The molecule has 2 heteroatoms. The van der Waals surface area contributed by atoms with E-state index < -0.39 is 0 Å². The molecule has 2 nitrogen and oxygen atoms in total. The highest BCUT2D eigenvalue weighted by atomic mass is 16.3. The summed E-state index contributed by atoms with van der Waals surface area (Å²) < 4.78 is 5.58. The highest BCUT2D eigenvalue weighted by Crippen LogP contribution is 2.35. The van der Waals surface area contributed by atoms with Crippen molar-refractivity contribution in [1.82, 2.24) is 5.32 Å². The Morgan fingerprint density at radius 1 is 1.16 bits per heavy atom. The first-order valence-corrected chi connectivity index (χ1v) is 7.43. The SMILES string of the molecule is CC1(CNCc2coc3ccccc23)CCCCC1. The van der Waals surface area contributed by atoms with E-state index in [4.69, 9.17) is 4.42 Å². The van der Waals surface area contributed by atoms with Crippen LogP contribution in [-0.2, 0) is 6.54 Å². The molecule has 1 saturated carbocycles. The van der Waals surface area contributed by atoms with Crippen LogP contribution in [-0.4, -0.2) is 6.54 Å². The third kappa shape index (κ3) is 2.84. The normalized spacial score (nSPS) is 18.8. The second-order valence-corrected chi connectivity index (χ2v) is 6.23. The summed E-state index contributed by atoms with van der Waals surface area (Å²) in [4.78, 5) is 0. The lowest BCUT2D eigenvalue weighted by Gasteiger charge is -2.33. The summed E-state index contributed by atoms with van der Waals surface area (Å²) in [5.41, 5.74) is 2.76.